The first kappa shape index (κ1) is 25.0. The number of esters is 1. The Morgan fingerprint density at radius 1 is 1.07 bits per heavy atom. The van der Waals surface area contributed by atoms with Gasteiger partial charge in [0.2, 0.25) is 0 Å². The summed E-state index contributed by atoms with van der Waals surface area (Å²) in [5, 5.41) is 13.6. The van der Waals surface area contributed by atoms with E-state index in [2.05, 4.69) is 26.3 Å². The Morgan fingerprint density at radius 2 is 1.56 bits per heavy atom. The Hall–Kier alpha value is -1.96. The van der Waals surface area contributed by atoms with Crippen molar-refractivity contribution in [1.29, 1.82) is 0 Å². The van der Waals surface area contributed by atoms with Crippen LogP contribution in [0.15, 0.2) is 36.7 Å². The molecule has 0 saturated heterocycles. The number of carbonyl (C=O) groups is 1. The third kappa shape index (κ3) is 10.1. The fourth-order valence-electron chi connectivity index (χ4n) is 1.11. The number of aromatic hydroxyl groups is 2. The number of pyridine rings is 2. The molecule has 0 unspecified atom stereocenters. The summed E-state index contributed by atoms with van der Waals surface area (Å²) in [5.41, 5.74) is -1.25. The van der Waals surface area contributed by atoms with Crippen molar-refractivity contribution < 1.29 is 41.7 Å². The lowest BCUT2D eigenvalue weighted by molar-refractivity contribution is -0.157. The van der Waals surface area contributed by atoms with Crippen LogP contribution in [-0.4, -0.2) is 38.6 Å². The molecule has 13 heteroatoms. The van der Waals surface area contributed by atoms with Crippen LogP contribution in [0.4, 0.5) is 22.0 Å². The van der Waals surface area contributed by atoms with Crippen molar-refractivity contribution in [2.24, 2.45) is 0 Å². The molecule has 6 nitrogen and oxygen atoms in total. The molecule has 2 aromatic heterocycles. The molecule has 0 aliphatic rings. The molecule has 0 fully saturated rings. The summed E-state index contributed by atoms with van der Waals surface area (Å²) in [7, 11) is 0.832. The van der Waals surface area contributed by atoms with E-state index in [0.717, 1.165) is 19.4 Å². The molecule has 0 aliphatic heterocycles. The Bertz CT molecular complexity index is 723. The summed E-state index contributed by atoms with van der Waals surface area (Å²) < 4.78 is 62.5. The summed E-state index contributed by atoms with van der Waals surface area (Å²) >= 11 is 6.14. The van der Waals surface area contributed by atoms with Crippen molar-refractivity contribution in [2.75, 3.05) is 7.11 Å². The van der Waals surface area contributed by atoms with Gasteiger partial charge in [-0.3, -0.25) is 0 Å². The maximum absolute atomic E-state index is 11.8. The van der Waals surface area contributed by atoms with Crippen LogP contribution in [0, 0.1) is 3.70 Å². The molecule has 0 spiro atoms. The first-order valence-electron chi connectivity index (χ1n) is 6.46. The minimum atomic E-state index is -4.58. The number of methoxy groups -OCH3 is 1. The van der Waals surface area contributed by atoms with E-state index in [9.17, 15) is 26.7 Å². The lowest BCUT2D eigenvalue weighted by atomic mass is 10.3. The second kappa shape index (κ2) is 11.0. The second-order valence-electron chi connectivity index (χ2n) is 4.17. The molecule has 0 aromatic carbocycles. The minimum Gasteiger partial charge on any atom is -0.506 e. The van der Waals surface area contributed by atoms with E-state index in [0.29, 0.717) is 3.70 Å². The van der Waals surface area contributed by atoms with Gasteiger partial charge in [0.1, 0.15) is 15.2 Å². The molecule has 27 heavy (non-hydrogen) atoms. The normalized spacial score (nSPS) is 10.7. The number of ether oxygens (including phenoxy) is 1. The highest BCUT2D eigenvalue weighted by atomic mass is 127. The lowest BCUT2D eigenvalue weighted by Crippen LogP contribution is -2.22. The van der Waals surface area contributed by atoms with Gasteiger partial charge in [-0.15, -0.1) is 0 Å². The van der Waals surface area contributed by atoms with E-state index in [1.54, 1.807) is 18.3 Å². The van der Waals surface area contributed by atoms with Crippen LogP contribution < -0.4 is 0 Å². The monoisotopic (exact) mass is 528 g/mol. The number of rotatable bonds is 1. The Morgan fingerprint density at radius 3 is 1.78 bits per heavy atom. The predicted octanol–water partition coefficient (Wildman–Crippen LogP) is 4.19. The smallest absolute Gasteiger partial charge is 0.437 e. The van der Waals surface area contributed by atoms with Crippen LogP contribution in [-0.2, 0) is 15.7 Å². The van der Waals surface area contributed by atoms with E-state index in [1.807, 2.05) is 22.6 Å². The van der Waals surface area contributed by atoms with E-state index < -0.39 is 29.0 Å². The van der Waals surface area contributed by atoms with Gasteiger partial charge in [-0.1, -0.05) is 0 Å². The van der Waals surface area contributed by atoms with Crippen molar-refractivity contribution in [1.82, 2.24) is 9.97 Å². The van der Waals surface area contributed by atoms with Gasteiger partial charge in [0.05, 0.1) is 7.11 Å². The zero-order valence-electron chi connectivity index (χ0n) is 13.2. The van der Waals surface area contributed by atoms with Crippen molar-refractivity contribution in [3.05, 3.63) is 46.1 Å². The second-order valence-corrected chi connectivity index (χ2v) is 5.67. The fraction of sp³-hybridized carbons (Fsp3) is 0.214. The molecule has 150 valence electrons. The molecule has 0 aliphatic carbocycles. The van der Waals surface area contributed by atoms with Crippen LogP contribution in [0.25, 0.3) is 0 Å². The third-order valence-electron chi connectivity index (χ3n) is 2.21. The SMILES string of the molecule is COC(=O)C(F)(F)Cl.Oc1cccnc1C(F)(F)F.Oc1cccnc1I. The number of carbonyl (C=O) groups excluding carboxylic acids is 1. The highest BCUT2D eigenvalue weighted by Gasteiger charge is 2.37. The largest absolute Gasteiger partial charge is 0.506 e. The molecule has 0 bridgehead atoms. The average Bonchev–Trinajstić information content (AvgIpc) is 2.56. The molecule has 0 saturated carbocycles. The molecule has 0 radical (unpaired) electrons. The maximum atomic E-state index is 11.8. The first-order chi connectivity index (χ1) is 12.3. The first-order valence-corrected chi connectivity index (χ1v) is 7.92. The number of hydrogen-bond donors (Lipinski definition) is 2. The van der Waals surface area contributed by atoms with Gasteiger partial charge in [0.15, 0.2) is 5.69 Å². The topological polar surface area (TPSA) is 92.5 Å². The van der Waals surface area contributed by atoms with Gasteiger partial charge < -0.3 is 14.9 Å². The fourth-order valence-corrected chi connectivity index (χ4v) is 1.53. The lowest BCUT2D eigenvalue weighted by Gasteiger charge is -2.05. The van der Waals surface area contributed by atoms with Crippen molar-refractivity contribution in [2.45, 2.75) is 11.6 Å². The summed E-state index contributed by atoms with van der Waals surface area (Å²) in [6.45, 7) is 0. The molecular formula is C14H11ClF5IN2O4. The number of nitrogens with zero attached hydrogens (tertiary/aromatic N) is 2. The number of halogens is 7. The van der Waals surface area contributed by atoms with Crippen LogP contribution in [0.2, 0.25) is 0 Å². The highest BCUT2D eigenvalue weighted by molar-refractivity contribution is 14.1. The van der Waals surface area contributed by atoms with E-state index in [1.165, 1.54) is 6.07 Å². The molecule has 2 heterocycles. The van der Waals surface area contributed by atoms with Gasteiger partial charge in [-0.25, -0.2) is 14.8 Å². The van der Waals surface area contributed by atoms with Crippen LogP contribution in [0.1, 0.15) is 5.69 Å². The third-order valence-corrected chi connectivity index (χ3v) is 3.20. The van der Waals surface area contributed by atoms with Gasteiger partial charge >= 0.3 is 17.5 Å². The Labute approximate surface area is 168 Å². The minimum absolute atomic E-state index is 0.244. The summed E-state index contributed by atoms with van der Waals surface area (Å²) in [4.78, 5) is 16.5. The number of aromatic nitrogens is 2. The van der Waals surface area contributed by atoms with Crippen molar-refractivity contribution in [3.8, 4) is 11.5 Å². The van der Waals surface area contributed by atoms with E-state index >= 15 is 0 Å². The van der Waals surface area contributed by atoms with Gasteiger partial charge in [0.25, 0.3) is 0 Å². The molecule has 2 N–H and O–H groups in total. The molecule has 2 aromatic rings. The Balaban J connectivity index is 0.000000384. The van der Waals surface area contributed by atoms with Crippen LogP contribution in [0.3, 0.4) is 0 Å². The van der Waals surface area contributed by atoms with Gasteiger partial charge in [-0.05, 0) is 58.5 Å². The maximum Gasteiger partial charge on any atom is 0.437 e. The van der Waals surface area contributed by atoms with E-state index in [4.69, 9.17) is 10.2 Å². The standard InChI is InChI=1S/C6H4F3NO.C5H4INO.C3H3ClF2O2/c7-6(8,9)5-4(11)2-1-3-10-5;6-5-4(8)2-1-3-7-5;1-8-2(7)3(4,5)6/h1-3,11H;1-3,8H;1H3. The van der Waals surface area contributed by atoms with Crippen LogP contribution >= 0.6 is 34.2 Å². The Kier molecular flexibility index (Phi) is 10.2. The predicted molar refractivity (Wildman–Crippen MR) is 92.3 cm³/mol. The van der Waals surface area contributed by atoms with E-state index in [-0.39, 0.29) is 5.75 Å². The van der Waals surface area contributed by atoms with Gasteiger partial charge in [-0.2, -0.15) is 22.0 Å². The molecule has 0 amide bonds. The molecular weight excluding hydrogens is 518 g/mol. The summed E-state index contributed by atoms with van der Waals surface area (Å²) in [6.07, 6.45) is -1.96. The number of hydrogen-bond acceptors (Lipinski definition) is 6. The molecule has 0 atom stereocenters. The number of alkyl halides is 6. The van der Waals surface area contributed by atoms with Gasteiger partial charge in [0, 0.05) is 12.4 Å². The molecule has 2 rings (SSSR count). The zero-order chi connectivity index (χ0) is 21.3. The summed E-state index contributed by atoms with van der Waals surface area (Å²) in [5.74, 6) is -2.34. The zero-order valence-corrected chi connectivity index (χ0v) is 16.1. The summed E-state index contributed by atoms with van der Waals surface area (Å²) in [6, 6.07) is 5.46. The quantitative estimate of drug-likeness (QED) is 0.190. The highest BCUT2D eigenvalue weighted by Crippen LogP contribution is 2.32. The average molecular weight is 529 g/mol. The van der Waals surface area contributed by atoms with Crippen molar-refractivity contribution in [3.63, 3.8) is 0 Å². The van der Waals surface area contributed by atoms with Crippen molar-refractivity contribution >= 4 is 40.2 Å². The van der Waals surface area contributed by atoms with Crippen LogP contribution in [0.5, 0.6) is 11.5 Å².